The van der Waals surface area contributed by atoms with Crippen molar-refractivity contribution in [2.24, 2.45) is 0 Å². The van der Waals surface area contributed by atoms with Crippen LogP contribution in [0.4, 0.5) is 0 Å². The highest BCUT2D eigenvalue weighted by atomic mass is 32.1. The van der Waals surface area contributed by atoms with Crippen molar-refractivity contribution >= 4 is 17.2 Å². The van der Waals surface area contributed by atoms with Gasteiger partial charge in [0.2, 0.25) is 5.91 Å². The van der Waals surface area contributed by atoms with Gasteiger partial charge in [-0.2, -0.15) is 0 Å². The molecular weight excluding hydrogens is 336 g/mol. The Kier molecular flexibility index (Phi) is 5.30. The lowest BCUT2D eigenvalue weighted by molar-refractivity contribution is -0.126. The van der Waals surface area contributed by atoms with E-state index in [2.05, 4.69) is 35.3 Å². The third-order valence-electron chi connectivity index (χ3n) is 4.45. The van der Waals surface area contributed by atoms with E-state index in [0.717, 1.165) is 16.0 Å². The van der Waals surface area contributed by atoms with Crippen LogP contribution in [0.1, 0.15) is 24.3 Å². The fraction of sp³-hybridized carbons (Fsp3) is 0.421. The zero-order chi connectivity index (χ0) is 18.0. The summed E-state index contributed by atoms with van der Waals surface area (Å²) in [7, 11) is 0. The molecule has 0 spiro atoms. The Balaban J connectivity index is 1.91. The molecule has 2 heterocycles. The van der Waals surface area contributed by atoms with Crippen LogP contribution in [-0.2, 0) is 11.3 Å². The molecule has 1 aliphatic rings. The molecule has 25 heavy (non-hydrogen) atoms. The molecule has 0 radical (unpaired) electrons. The molecule has 0 bridgehead atoms. The van der Waals surface area contributed by atoms with Crippen molar-refractivity contribution in [2.75, 3.05) is 19.7 Å². The Hall–Kier alpha value is -2.05. The van der Waals surface area contributed by atoms with Gasteiger partial charge in [0.15, 0.2) is 11.5 Å². The Morgan fingerprint density at radius 3 is 2.92 bits per heavy atom. The Morgan fingerprint density at radius 1 is 1.44 bits per heavy atom. The van der Waals surface area contributed by atoms with Crippen LogP contribution < -0.4 is 10.1 Å². The number of nitrogens with one attached hydrogen (secondary N) is 1. The number of benzene rings is 1. The molecule has 1 aromatic carbocycles. The first-order valence-electron chi connectivity index (χ1n) is 8.57. The van der Waals surface area contributed by atoms with Crippen molar-refractivity contribution in [3.63, 3.8) is 0 Å². The predicted molar refractivity (Wildman–Crippen MR) is 100 cm³/mol. The summed E-state index contributed by atoms with van der Waals surface area (Å²) in [5, 5.41) is 13.3. The third kappa shape index (κ3) is 3.80. The number of hydrogen-bond acceptors (Lipinski definition) is 5. The first-order chi connectivity index (χ1) is 12.0. The average molecular weight is 360 g/mol. The van der Waals surface area contributed by atoms with Gasteiger partial charge in [0, 0.05) is 35.0 Å². The van der Waals surface area contributed by atoms with Gasteiger partial charge in [0.05, 0.1) is 6.04 Å². The van der Waals surface area contributed by atoms with Gasteiger partial charge in [-0.05, 0) is 50.6 Å². The normalized spacial score (nSPS) is 15.8. The molecule has 1 unspecified atom stereocenters. The van der Waals surface area contributed by atoms with E-state index in [4.69, 9.17) is 4.74 Å². The fourth-order valence-electron chi connectivity index (χ4n) is 3.07. The smallest absolute Gasteiger partial charge is 0.237 e. The lowest BCUT2D eigenvalue weighted by Gasteiger charge is -2.26. The van der Waals surface area contributed by atoms with Gasteiger partial charge < -0.3 is 15.2 Å². The van der Waals surface area contributed by atoms with Crippen molar-refractivity contribution in [2.45, 2.75) is 33.4 Å². The summed E-state index contributed by atoms with van der Waals surface area (Å²) in [6.07, 6.45) is 0. The monoisotopic (exact) mass is 360 g/mol. The number of ether oxygens (including phenoxy) is 1. The summed E-state index contributed by atoms with van der Waals surface area (Å²) in [6, 6.07) is 7.70. The van der Waals surface area contributed by atoms with Crippen LogP contribution in [0.5, 0.6) is 11.5 Å². The molecule has 2 N–H and O–H groups in total. The number of aryl methyl sites for hydroxylation is 1. The molecule has 1 amide bonds. The summed E-state index contributed by atoms with van der Waals surface area (Å²) >= 11 is 1.69. The molecule has 134 valence electrons. The Labute approximate surface area is 152 Å². The quantitative estimate of drug-likeness (QED) is 0.879. The number of fused-ring (bicyclic) bond motifs is 1. The molecule has 3 rings (SSSR count). The van der Waals surface area contributed by atoms with Crippen LogP contribution in [0.25, 0.3) is 10.4 Å². The number of aromatic hydroxyl groups is 1. The van der Waals surface area contributed by atoms with E-state index < -0.39 is 0 Å². The van der Waals surface area contributed by atoms with Crippen LogP contribution in [0.2, 0.25) is 0 Å². The standard InChI is InChI=1S/C19H24N2O3S/c1-4-20-19(23)13(3)21-7-8-24-18-15(11-21)9-14(10-16(18)22)17-6-5-12(2)25-17/h5-6,9-10,13,22H,4,7-8,11H2,1-3H3,(H,20,23). The zero-order valence-corrected chi connectivity index (χ0v) is 15.7. The molecular formula is C19H24N2O3S. The molecule has 1 atom stereocenters. The van der Waals surface area contributed by atoms with E-state index in [9.17, 15) is 9.90 Å². The average Bonchev–Trinajstić information content (AvgIpc) is 2.89. The number of carbonyl (C=O) groups excluding carboxylic acids is 1. The molecule has 0 fully saturated rings. The molecule has 1 aliphatic heterocycles. The van der Waals surface area contributed by atoms with Crippen LogP contribution in [-0.4, -0.2) is 41.7 Å². The fourth-order valence-corrected chi connectivity index (χ4v) is 3.92. The van der Waals surface area contributed by atoms with E-state index in [1.807, 2.05) is 13.8 Å². The second kappa shape index (κ2) is 7.45. The second-order valence-electron chi connectivity index (χ2n) is 6.28. The van der Waals surface area contributed by atoms with E-state index in [-0.39, 0.29) is 17.7 Å². The number of phenolic OH excluding ortho intramolecular Hbond substituents is 1. The van der Waals surface area contributed by atoms with Crippen molar-refractivity contribution < 1.29 is 14.6 Å². The summed E-state index contributed by atoms with van der Waals surface area (Å²) in [6.45, 7) is 8.16. The summed E-state index contributed by atoms with van der Waals surface area (Å²) in [5.41, 5.74) is 1.89. The second-order valence-corrected chi connectivity index (χ2v) is 7.57. The highest BCUT2D eigenvalue weighted by Crippen LogP contribution is 2.39. The number of thiophene rings is 1. The molecule has 0 saturated heterocycles. The summed E-state index contributed by atoms with van der Waals surface area (Å²) < 4.78 is 5.78. The number of carbonyl (C=O) groups is 1. The minimum absolute atomic E-state index is 0.0141. The SMILES string of the molecule is CCNC(=O)C(C)N1CCOc2c(O)cc(-c3ccc(C)s3)cc2C1. The largest absolute Gasteiger partial charge is 0.504 e. The number of rotatable bonds is 4. The molecule has 5 nitrogen and oxygen atoms in total. The lowest BCUT2D eigenvalue weighted by Crippen LogP contribution is -2.45. The van der Waals surface area contributed by atoms with Crippen molar-refractivity contribution in [3.05, 3.63) is 34.7 Å². The van der Waals surface area contributed by atoms with Crippen LogP contribution >= 0.6 is 11.3 Å². The maximum Gasteiger partial charge on any atom is 0.237 e. The van der Waals surface area contributed by atoms with Crippen LogP contribution in [0.3, 0.4) is 0 Å². The van der Waals surface area contributed by atoms with Crippen LogP contribution in [0.15, 0.2) is 24.3 Å². The van der Waals surface area contributed by atoms with Crippen molar-refractivity contribution in [3.8, 4) is 21.9 Å². The van der Waals surface area contributed by atoms with E-state index in [0.29, 0.717) is 32.0 Å². The summed E-state index contributed by atoms with van der Waals surface area (Å²) in [5.74, 6) is 0.703. The van der Waals surface area contributed by atoms with Crippen molar-refractivity contribution in [1.29, 1.82) is 0 Å². The van der Waals surface area contributed by atoms with Gasteiger partial charge in [-0.3, -0.25) is 9.69 Å². The van der Waals surface area contributed by atoms with Gasteiger partial charge in [-0.15, -0.1) is 11.3 Å². The number of likely N-dealkylation sites (N-methyl/N-ethyl adjacent to an activating group) is 1. The first kappa shape index (κ1) is 17.8. The topological polar surface area (TPSA) is 61.8 Å². The first-order valence-corrected chi connectivity index (χ1v) is 9.38. The molecule has 6 heteroatoms. The number of amides is 1. The van der Waals surface area contributed by atoms with Gasteiger partial charge in [-0.25, -0.2) is 0 Å². The van der Waals surface area contributed by atoms with Crippen molar-refractivity contribution in [1.82, 2.24) is 10.2 Å². The van der Waals surface area contributed by atoms with Gasteiger partial charge in [0.1, 0.15) is 6.61 Å². The number of hydrogen-bond donors (Lipinski definition) is 2. The molecule has 1 aromatic heterocycles. The van der Waals surface area contributed by atoms with Crippen LogP contribution in [0, 0.1) is 6.92 Å². The van der Waals surface area contributed by atoms with E-state index in [1.54, 1.807) is 17.4 Å². The third-order valence-corrected chi connectivity index (χ3v) is 5.50. The number of phenols is 1. The highest BCUT2D eigenvalue weighted by Gasteiger charge is 2.26. The minimum atomic E-state index is -0.246. The molecule has 2 aromatic rings. The predicted octanol–water partition coefficient (Wildman–Crippen LogP) is 3.15. The maximum atomic E-state index is 12.2. The summed E-state index contributed by atoms with van der Waals surface area (Å²) in [4.78, 5) is 16.6. The molecule has 0 aliphatic carbocycles. The van der Waals surface area contributed by atoms with E-state index >= 15 is 0 Å². The zero-order valence-electron chi connectivity index (χ0n) is 14.8. The van der Waals surface area contributed by atoms with E-state index in [1.165, 1.54) is 4.88 Å². The van der Waals surface area contributed by atoms with Gasteiger partial charge in [-0.1, -0.05) is 0 Å². The Morgan fingerprint density at radius 2 is 2.24 bits per heavy atom. The number of nitrogens with zero attached hydrogens (tertiary/aromatic N) is 1. The van der Waals surface area contributed by atoms with Gasteiger partial charge >= 0.3 is 0 Å². The highest BCUT2D eigenvalue weighted by molar-refractivity contribution is 7.15. The minimum Gasteiger partial charge on any atom is -0.504 e. The van der Waals surface area contributed by atoms with Gasteiger partial charge in [0.25, 0.3) is 0 Å². The maximum absolute atomic E-state index is 12.2. The lowest BCUT2D eigenvalue weighted by atomic mass is 10.1. The Bertz CT molecular complexity index is 772. The molecule has 0 saturated carbocycles.